The van der Waals surface area contributed by atoms with E-state index in [0.717, 1.165) is 13.0 Å². The summed E-state index contributed by atoms with van der Waals surface area (Å²) < 4.78 is 5.04. The third kappa shape index (κ3) is 17.3. The fourth-order valence-corrected chi connectivity index (χ4v) is 1.99. The molecule has 0 amide bonds. The maximum atomic E-state index is 11.3. The van der Waals surface area contributed by atoms with Crippen LogP contribution in [0.25, 0.3) is 0 Å². The second-order valence-electron chi connectivity index (χ2n) is 6.18. The minimum atomic E-state index is 0.140. The summed E-state index contributed by atoms with van der Waals surface area (Å²) in [5.74, 6) is 0.591. The molecule has 20 heavy (non-hydrogen) atoms. The number of unbranched alkanes of at least 4 members (excludes halogenated alkanes) is 1. The first kappa shape index (κ1) is 24.3. The fraction of sp³-hybridized carbons (Fsp3) is 0.882. The summed E-state index contributed by atoms with van der Waals surface area (Å²) in [5.41, 5.74) is 0.140. The average molecular weight is 288 g/mol. The molecule has 0 aromatic carbocycles. The van der Waals surface area contributed by atoms with Crippen molar-refractivity contribution in [3.05, 3.63) is 0 Å². The standard InChI is InChI=1S/C11H22O.C5H12O.CH2O/c1-6-7-8-10(9(2)12)11(3,4)5;1-4-6-5(2)3;1-2/h10H,6-8H2,1-5H3;5H,4H2,1-3H3;1H2/t10-;;/m1../s1. The third-order valence-corrected chi connectivity index (χ3v) is 2.88. The van der Waals surface area contributed by atoms with Gasteiger partial charge < -0.3 is 9.53 Å². The maximum Gasteiger partial charge on any atom is 0.133 e. The minimum absolute atomic E-state index is 0.140. The lowest BCUT2D eigenvalue weighted by atomic mass is 9.76. The number of carbonyl (C=O) groups is 2. The first-order valence-electron chi connectivity index (χ1n) is 7.57. The first-order valence-corrected chi connectivity index (χ1v) is 7.57. The molecule has 0 unspecified atom stereocenters. The largest absolute Gasteiger partial charge is 0.379 e. The zero-order valence-corrected chi connectivity index (χ0v) is 14.9. The molecule has 3 heteroatoms. The molecular formula is C17H36O3. The summed E-state index contributed by atoms with van der Waals surface area (Å²) in [7, 11) is 0. The third-order valence-electron chi connectivity index (χ3n) is 2.88. The molecule has 0 N–H and O–H groups in total. The molecule has 0 saturated heterocycles. The summed E-state index contributed by atoms with van der Waals surface area (Å²) in [6, 6.07) is 0. The van der Waals surface area contributed by atoms with Gasteiger partial charge in [0.05, 0.1) is 6.10 Å². The van der Waals surface area contributed by atoms with E-state index in [1.54, 1.807) is 6.92 Å². The van der Waals surface area contributed by atoms with Crippen LogP contribution >= 0.6 is 0 Å². The number of hydrogen-bond donors (Lipinski definition) is 0. The van der Waals surface area contributed by atoms with E-state index in [1.807, 2.05) is 27.6 Å². The van der Waals surface area contributed by atoms with Crippen molar-refractivity contribution in [2.45, 2.75) is 80.8 Å². The molecule has 0 spiro atoms. The van der Waals surface area contributed by atoms with Gasteiger partial charge in [-0.15, -0.1) is 0 Å². The van der Waals surface area contributed by atoms with E-state index < -0.39 is 0 Å². The summed E-state index contributed by atoms with van der Waals surface area (Å²) in [5, 5.41) is 0. The second kappa shape index (κ2) is 14.7. The van der Waals surface area contributed by atoms with Crippen LogP contribution in [0.3, 0.4) is 0 Å². The molecule has 0 aromatic heterocycles. The Hall–Kier alpha value is -0.700. The second-order valence-corrected chi connectivity index (χ2v) is 6.18. The van der Waals surface area contributed by atoms with Crippen LogP contribution in [0.1, 0.15) is 74.7 Å². The monoisotopic (exact) mass is 288 g/mol. The number of ketones is 1. The Morgan fingerprint density at radius 2 is 1.60 bits per heavy atom. The topological polar surface area (TPSA) is 43.4 Å². The molecule has 1 atom stereocenters. The van der Waals surface area contributed by atoms with Gasteiger partial charge in [-0.2, -0.15) is 0 Å². The summed E-state index contributed by atoms with van der Waals surface area (Å²) in [6.07, 6.45) is 3.80. The highest BCUT2D eigenvalue weighted by Crippen LogP contribution is 2.30. The number of carbonyl (C=O) groups excluding carboxylic acids is 2. The molecule has 0 aliphatic rings. The smallest absolute Gasteiger partial charge is 0.133 e. The minimum Gasteiger partial charge on any atom is -0.379 e. The van der Waals surface area contributed by atoms with Crippen LogP contribution < -0.4 is 0 Å². The Labute approximate surface area is 126 Å². The fourth-order valence-electron chi connectivity index (χ4n) is 1.99. The van der Waals surface area contributed by atoms with Crippen molar-refractivity contribution in [1.82, 2.24) is 0 Å². The van der Waals surface area contributed by atoms with E-state index in [-0.39, 0.29) is 11.3 Å². The van der Waals surface area contributed by atoms with E-state index in [9.17, 15) is 4.79 Å². The van der Waals surface area contributed by atoms with Crippen molar-refractivity contribution in [1.29, 1.82) is 0 Å². The number of hydrogen-bond acceptors (Lipinski definition) is 3. The van der Waals surface area contributed by atoms with Gasteiger partial charge in [0, 0.05) is 12.5 Å². The molecule has 0 aliphatic heterocycles. The first-order chi connectivity index (χ1) is 9.16. The number of rotatable bonds is 6. The molecule has 3 nitrogen and oxygen atoms in total. The highest BCUT2D eigenvalue weighted by Gasteiger charge is 2.27. The van der Waals surface area contributed by atoms with Crippen molar-refractivity contribution < 1.29 is 14.3 Å². The van der Waals surface area contributed by atoms with Gasteiger partial charge in [-0.25, -0.2) is 0 Å². The molecule has 122 valence electrons. The molecule has 0 aromatic rings. The van der Waals surface area contributed by atoms with Gasteiger partial charge in [-0.05, 0) is 39.5 Å². The molecule has 0 saturated carbocycles. The van der Waals surface area contributed by atoms with Crippen LogP contribution in [-0.4, -0.2) is 25.3 Å². The molecule has 0 radical (unpaired) electrons. The van der Waals surface area contributed by atoms with Crippen molar-refractivity contribution in [2.75, 3.05) is 6.61 Å². The normalized spacial score (nSPS) is 11.8. The van der Waals surface area contributed by atoms with E-state index in [4.69, 9.17) is 9.53 Å². The quantitative estimate of drug-likeness (QED) is 0.713. The predicted molar refractivity (Wildman–Crippen MR) is 87.0 cm³/mol. The van der Waals surface area contributed by atoms with E-state index in [0.29, 0.717) is 11.9 Å². The summed E-state index contributed by atoms with van der Waals surface area (Å²) in [6.45, 7) is 19.2. The van der Waals surface area contributed by atoms with E-state index in [2.05, 4.69) is 27.7 Å². The van der Waals surface area contributed by atoms with Crippen LogP contribution in [-0.2, 0) is 14.3 Å². The van der Waals surface area contributed by atoms with Gasteiger partial charge in [0.2, 0.25) is 0 Å². The summed E-state index contributed by atoms with van der Waals surface area (Å²) in [4.78, 5) is 19.3. The maximum absolute atomic E-state index is 11.3. The molecule has 0 aliphatic carbocycles. The zero-order valence-electron chi connectivity index (χ0n) is 14.9. The van der Waals surface area contributed by atoms with Gasteiger partial charge >= 0.3 is 0 Å². The van der Waals surface area contributed by atoms with E-state index in [1.165, 1.54) is 12.8 Å². The SMILES string of the molecule is C=O.CCCC[C@H](C(C)=O)C(C)(C)C.CCOC(C)C. The highest BCUT2D eigenvalue weighted by molar-refractivity contribution is 5.78. The Kier molecular flexibility index (Phi) is 17.9. The molecule has 0 bridgehead atoms. The molecule has 0 rings (SSSR count). The van der Waals surface area contributed by atoms with Gasteiger partial charge in [0.25, 0.3) is 0 Å². The van der Waals surface area contributed by atoms with Crippen molar-refractivity contribution >= 4 is 12.6 Å². The van der Waals surface area contributed by atoms with Gasteiger partial charge in [0.15, 0.2) is 0 Å². The highest BCUT2D eigenvalue weighted by atomic mass is 16.5. The van der Waals surface area contributed by atoms with Crippen LogP contribution in [0, 0.1) is 11.3 Å². The molecule has 0 fully saturated rings. The average Bonchev–Trinajstić information content (AvgIpc) is 2.30. The van der Waals surface area contributed by atoms with Crippen molar-refractivity contribution in [2.24, 2.45) is 11.3 Å². The van der Waals surface area contributed by atoms with Gasteiger partial charge in [0.1, 0.15) is 12.6 Å². The lowest BCUT2D eigenvalue weighted by Gasteiger charge is -2.28. The lowest BCUT2D eigenvalue weighted by Crippen LogP contribution is -2.26. The predicted octanol–water partition coefficient (Wildman–Crippen LogP) is 4.67. The van der Waals surface area contributed by atoms with E-state index >= 15 is 0 Å². The number of Topliss-reactive ketones (excluding diaryl/α,β-unsaturated/α-hetero) is 1. The Bertz CT molecular complexity index is 217. The van der Waals surface area contributed by atoms with Crippen LogP contribution in [0.15, 0.2) is 0 Å². The Morgan fingerprint density at radius 3 is 1.75 bits per heavy atom. The summed E-state index contributed by atoms with van der Waals surface area (Å²) >= 11 is 0. The lowest BCUT2D eigenvalue weighted by molar-refractivity contribution is -0.124. The van der Waals surface area contributed by atoms with Crippen molar-refractivity contribution in [3.8, 4) is 0 Å². The molecular weight excluding hydrogens is 252 g/mol. The zero-order chi connectivity index (χ0) is 16.8. The number of ether oxygens (including phenoxy) is 1. The van der Waals surface area contributed by atoms with Gasteiger partial charge in [-0.1, -0.05) is 40.5 Å². The van der Waals surface area contributed by atoms with Crippen LogP contribution in [0.2, 0.25) is 0 Å². The Balaban J connectivity index is -0.000000304. The van der Waals surface area contributed by atoms with Crippen LogP contribution in [0.5, 0.6) is 0 Å². The van der Waals surface area contributed by atoms with Crippen molar-refractivity contribution in [3.63, 3.8) is 0 Å². The molecule has 0 heterocycles. The van der Waals surface area contributed by atoms with Gasteiger partial charge in [-0.3, -0.25) is 4.79 Å². The Morgan fingerprint density at radius 1 is 1.15 bits per heavy atom. The van der Waals surface area contributed by atoms with Crippen LogP contribution in [0.4, 0.5) is 0 Å².